The second kappa shape index (κ2) is 9.74. The van der Waals surface area contributed by atoms with Crippen LogP contribution < -0.4 is 4.74 Å². The molecule has 1 aromatic heterocycles. The minimum atomic E-state index is -0.363. The number of ether oxygens (including phenoxy) is 2. The first-order valence-electron chi connectivity index (χ1n) is 11.4. The Labute approximate surface area is 193 Å². The largest absolute Gasteiger partial charge is 0.473 e. The first-order valence-corrected chi connectivity index (χ1v) is 11.8. The molecule has 3 atom stereocenters. The van der Waals surface area contributed by atoms with Crippen LogP contribution in [0.25, 0.3) is 0 Å². The van der Waals surface area contributed by atoms with Gasteiger partial charge in [-0.25, -0.2) is 9.37 Å². The highest BCUT2D eigenvalue weighted by Gasteiger charge is 2.29. The number of benzene rings is 1. The fourth-order valence-electron chi connectivity index (χ4n) is 4.72. The molecule has 3 aliphatic rings. The van der Waals surface area contributed by atoms with Crippen molar-refractivity contribution in [2.45, 2.75) is 38.5 Å². The molecule has 32 heavy (non-hydrogen) atoms. The maximum absolute atomic E-state index is 14.0. The van der Waals surface area contributed by atoms with Gasteiger partial charge in [0.25, 0.3) is 0 Å². The average molecular weight is 455 g/mol. The molecule has 0 spiro atoms. The molecular weight excluding hydrogens is 427 g/mol. The number of nitrogens with zero attached hydrogens (tertiary/aromatic N) is 2. The molecule has 0 amide bonds. The van der Waals surface area contributed by atoms with E-state index in [-0.39, 0.29) is 12.4 Å². The lowest BCUT2D eigenvalue weighted by atomic mass is 9.82. The van der Waals surface area contributed by atoms with E-state index in [4.69, 9.17) is 21.1 Å². The third-order valence-corrected chi connectivity index (χ3v) is 6.95. The van der Waals surface area contributed by atoms with E-state index in [0.717, 1.165) is 39.1 Å². The zero-order chi connectivity index (χ0) is 21.9. The van der Waals surface area contributed by atoms with Crippen LogP contribution in [-0.4, -0.2) is 35.7 Å². The van der Waals surface area contributed by atoms with E-state index in [0.29, 0.717) is 34.4 Å². The monoisotopic (exact) mass is 454 g/mol. The molecule has 0 N–H and O–H groups in total. The van der Waals surface area contributed by atoms with Crippen LogP contribution in [0.1, 0.15) is 29.5 Å². The Bertz CT molecular complexity index is 1020. The van der Waals surface area contributed by atoms with Gasteiger partial charge in [-0.2, -0.15) is 0 Å². The standard InChI is InChI=1S/C26H28ClFN2O2/c27-23-6-5-21(25(28)13-23)17-32-26-12-22-16-30(9-7-19(22)14-29-26)15-20-4-2-1-3-18(20)11-24-8-10-31-24/h1-6,12-14,18,20,24H,7-11,15-17H2/t18-,20?,24?/m1/s1. The van der Waals surface area contributed by atoms with Crippen LogP contribution in [-0.2, 0) is 24.3 Å². The van der Waals surface area contributed by atoms with Crippen molar-refractivity contribution in [2.75, 3.05) is 19.7 Å². The van der Waals surface area contributed by atoms with E-state index in [1.165, 1.54) is 23.6 Å². The Morgan fingerprint density at radius 3 is 2.78 bits per heavy atom. The van der Waals surface area contributed by atoms with Gasteiger partial charge < -0.3 is 9.47 Å². The van der Waals surface area contributed by atoms with Gasteiger partial charge in [0.1, 0.15) is 12.4 Å². The third-order valence-electron chi connectivity index (χ3n) is 6.71. The number of halogens is 2. The molecule has 0 saturated carbocycles. The molecule has 6 heteroatoms. The van der Waals surface area contributed by atoms with Gasteiger partial charge in [-0.05, 0) is 54.4 Å². The topological polar surface area (TPSA) is 34.6 Å². The smallest absolute Gasteiger partial charge is 0.213 e. The van der Waals surface area contributed by atoms with Crippen LogP contribution in [0.4, 0.5) is 4.39 Å². The van der Waals surface area contributed by atoms with Gasteiger partial charge in [-0.1, -0.05) is 42.0 Å². The highest BCUT2D eigenvalue weighted by atomic mass is 35.5. The Hall–Kier alpha value is -2.21. The zero-order valence-corrected chi connectivity index (χ0v) is 18.8. The molecular formula is C26H28ClFN2O2. The third kappa shape index (κ3) is 5.06. The SMILES string of the molecule is Fc1cc(Cl)ccc1COc1cc2c(cn1)CCN(CC1C=CC=C[C@@H]1CC1CCO1)C2. The number of hydrogen-bond donors (Lipinski definition) is 0. The molecule has 4 nitrogen and oxygen atoms in total. The van der Waals surface area contributed by atoms with Crippen molar-refractivity contribution in [2.24, 2.45) is 11.8 Å². The normalized spacial score (nSPS) is 24.8. The summed E-state index contributed by atoms with van der Waals surface area (Å²) in [5, 5.41) is 0.379. The number of aromatic nitrogens is 1. The first kappa shape index (κ1) is 21.6. The van der Waals surface area contributed by atoms with E-state index >= 15 is 0 Å². The van der Waals surface area contributed by atoms with E-state index in [9.17, 15) is 4.39 Å². The zero-order valence-electron chi connectivity index (χ0n) is 18.1. The van der Waals surface area contributed by atoms with E-state index in [1.807, 2.05) is 12.3 Å². The Balaban J connectivity index is 1.21. The molecule has 2 aromatic rings. The fourth-order valence-corrected chi connectivity index (χ4v) is 4.88. The summed E-state index contributed by atoms with van der Waals surface area (Å²) in [6, 6.07) is 6.62. The molecule has 1 fully saturated rings. The second-order valence-corrected chi connectivity index (χ2v) is 9.35. The number of pyridine rings is 1. The van der Waals surface area contributed by atoms with Crippen LogP contribution in [0.15, 0.2) is 54.8 Å². The Kier molecular flexibility index (Phi) is 6.58. The van der Waals surface area contributed by atoms with Gasteiger partial charge in [-0.3, -0.25) is 4.90 Å². The summed E-state index contributed by atoms with van der Waals surface area (Å²) in [7, 11) is 0. The summed E-state index contributed by atoms with van der Waals surface area (Å²) in [6.45, 7) is 3.98. The predicted octanol–water partition coefficient (Wildman–Crippen LogP) is 5.35. The van der Waals surface area contributed by atoms with Crippen LogP contribution in [0.3, 0.4) is 0 Å². The highest BCUT2D eigenvalue weighted by Crippen LogP contribution is 2.31. The second-order valence-electron chi connectivity index (χ2n) is 8.92. The molecule has 5 rings (SSSR count). The minimum Gasteiger partial charge on any atom is -0.473 e. The van der Waals surface area contributed by atoms with Crippen LogP contribution in [0.5, 0.6) is 5.88 Å². The maximum atomic E-state index is 14.0. The van der Waals surface area contributed by atoms with E-state index < -0.39 is 0 Å². The highest BCUT2D eigenvalue weighted by molar-refractivity contribution is 6.30. The maximum Gasteiger partial charge on any atom is 0.213 e. The number of rotatable bonds is 7. The molecule has 1 saturated heterocycles. The van der Waals surface area contributed by atoms with Gasteiger partial charge in [0, 0.05) is 49.1 Å². The lowest BCUT2D eigenvalue weighted by Gasteiger charge is -2.36. The van der Waals surface area contributed by atoms with Crippen molar-refractivity contribution >= 4 is 11.6 Å². The molecule has 3 heterocycles. The Morgan fingerprint density at radius 2 is 2.00 bits per heavy atom. The van der Waals surface area contributed by atoms with Gasteiger partial charge in [0.15, 0.2) is 0 Å². The molecule has 1 aliphatic carbocycles. The van der Waals surface area contributed by atoms with Crippen molar-refractivity contribution in [1.29, 1.82) is 0 Å². The first-order chi connectivity index (χ1) is 15.6. The number of hydrogen-bond acceptors (Lipinski definition) is 4. The van der Waals surface area contributed by atoms with Crippen LogP contribution in [0.2, 0.25) is 5.02 Å². The van der Waals surface area contributed by atoms with E-state index in [2.05, 4.69) is 34.2 Å². The molecule has 2 aliphatic heterocycles. The molecule has 1 aromatic carbocycles. The molecule has 0 bridgehead atoms. The van der Waals surface area contributed by atoms with Crippen molar-refractivity contribution in [1.82, 2.24) is 9.88 Å². The quantitative estimate of drug-likeness (QED) is 0.565. The van der Waals surface area contributed by atoms with Crippen molar-refractivity contribution in [3.05, 3.63) is 82.3 Å². The van der Waals surface area contributed by atoms with Crippen LogP contribution >= 0.6 is 11.6 Å². The van der Waals surface area contributed by atoms with Crippen molar-refractivity contribution < 1.29 is 13.9 Å². The van der Waals surface area contributed by atoms with Gasteiger partial charge >= 0.3 is 0 Å². The van der Waals surface area contributed by atoms with Crippen molar-refractivity contribution in [3.8, 4) is 5.88 Å². The van der Waals surface area contributed by atoms with Gasteiger partial charge in [0.2, 0.25) is 5.88 Å². The average Bonchev–Trinajstić information content (AvgIpc) is 2.76. The molecule has 0 radical (unpaired) electrons. The molecule has 168 valence electrons. The summed E-state index contributed by atoms with van der Waals surface area (Å²) in [4.78, 5) is 6.95. The lowest BCUT2D eigenvalue weighted by molar-refractivity contribution is -0.0628. The molecule has 2 unspecified atom stereocenters. The summed E-state index contributed by atoms with van der Waals surface area (Å²) >= 11 is 5.83. The summed E-state index contributed by atoms with van der Waals surface area (Å²) < 4.78 is 25.5. The van der Waals surface area contributed by atoms with E-state index in [1.54, 1.807) is 12.1 Å². The number of allylic oxidation sites excluding steroid dienone is 3. The van der Waals surface area contributed by atoms with Crippen molar-refractivity contribution in [3.63, 3.8) is 0 Å². The predicted molar refractivity (Wildman–Crippen MR) is 123 cm³/mol. The Morgan fingerprint density at radius 1 is 1.16 bits per heavy atom. The van der Waals surface area contributed by atoms with Crippen LogP contribution in [0, 0.1) is 17.7 Å². The summed E-state index contributed by atoms with van der Waals surface area (Å²) in [5.74, 6) is 1.21. The lowest BCUT2D eigenvalue weighted by Crippen LogP contribution is -2.38. The summed E-state index contributed by atoms with van der Waals surface area (Å²) in [5.41, 5.74) is 2.98. The van der Waals surface area contributed by atoms with Gasteiger partial charge in [-0.15, -0.1) is 0 Å². The number of fused-ring (bicyclic) bond motifs is 1. The van der Waals surface area contributed by atoms with Gasteiger partial charge in [0.05, 0.1) is 6.10 Å². The minimum absolute atomic E-state index is 0.128. The fraction of sp³-hybridized carbons (Fsp3) is 0.423. The summed E-state index contributed by atoms with van der Waals surface area (Å²) in [6.07, 6.45) is 14.6.